The first-order valence-corrected chi connectivity index (χ1v) is 3.37. The highest BCUT2D eigenvalue weighted by Gasteiger charge is 1.86. The van der Waals surface area contributed by atoms with Crippen LogP contribution in [0.25, 0.3) is 6.08 Å². The van der Waals surface area contributed by atoms with Crippen molar-refractivity contribution in [3.8, 4) is 5.75 Å². The second-order valence-corrected chi connectivity index (χ2v) is 2.13. The maximum Gasteiger partial charge on any atom is 0.297 e. The minimum atomic E-state index is 0.212. The van der Waals surface area contributed by atoms with Gasteiger partial charge in [0.25, 0.3) is 6.47 Å². The van der Waals surface area contributed by atoms with E-state index in [0.29, 0.717) is 6.47 Å². The van der Waals surface area contributed by atoms with E-state index in [2.05, 4.69) is 4.74 Å². The Morgan fingerprint density at radius 3 is 2.50 bits per heavy atom. The van der Waals surface area contributed by atoms with Gasteiger partial charge in [0.1, 0.15) is 5.75 Å². The Morgan fingerprint density at radius 2 is 1.92 bits per heavy atom. The number of ether oxygens (including phenoxy) is 1. The van der Waals surface area contributed by atoms with Gasteiger partial charge in [-0.15, -0.1) is 0 Å². The van der Waals surface area contributed by atoms with Gasteiger partial charge in [-0.3, -0.25) is 4.79 Å². The average Bonchev–Trinajstić information content (AvgIpc) is 2.09. The first-order valence-electron chi connectivity index (χ1n) is 3.37. The topological polar surface area (TPSA) is 46.5 Å². The Balaban J connectivity index is 2.64. The van der Waals surface area contributed by atoms with Gasteiger partial charge in [0.05, 0.1) is 6.26 Å². The number of benzene rings is 1. The summed E-state index contributed by atoms with van der Waals surface area (Å²) >= 11 is 0. The van der Waals surface area contributed by atoms with Crippen LogP contribution in [0.2, 0.25) is 0 Å². The first kappa shape index (κ1) is 8.33. The minimum Gasteiger partial charge on any atom is -0.508 e. The summed E-state index contributed by atoms with van der Waals surface area (Å²) in [4.78, 5) is 9.74. The summed E-state index contributed by atoms with van der Waals surface area (Å²) in [6.45, 7) is 0.344. The number of rotatable bonds is 3. The summed E-state index contributed by atoms with van der Waals surface area (Å²) in [5.74, 6) is 0.212. The third kappa shape index (κ3) is 2.46. The van der Waals surface area contributed by atoms with Crippen molar-refractivity contribution in [1.82, 2.24) is 0 Å². The molecular formula is C9H8O3. The summed E-state index contributed by atoms with van der Waals surface area (Å²) in [7, 11) is 0. The molecular weight excluding hydrogens is 156 g/mol. The summed E-state index contributed by atoms with van der Waals surface area (Å²) in [6, 6.07) is 6.53. The quantitative estimate of drug-likeness (QED) is 0.544. The van der Waals surface area contributed by atoms with Gasteiger partial charge in [-0.05, 0) is 23.8 Å². The number of phenolic OH excluding ortho intramolecular Hbond substituents is 1. The summed E-state index contributed by atoms with van der Waals surface area (Å²) in [6.07, 6.45) is 2.90. The molecule has 1 rings (SSSR count). The van der Waals surface area contributed by atoms with Crippen LogP contribution < -0.4 is 0 Å². The fraction of sp³-hybridized carbons (Fsp3) is 0. The predicted octanol–water partition coefficient (Wildman–Crippen LogP) is 1.54. The van der Waals surface area contributed by atoms with Crippen LogP contribution in [0, 0.1) is 0 Å². The van der Waals surface area contributed by atoms with E-state index in [4.69, 9.17) is 5.11 Å². The van der Waals surface area contributed by atoms with Crippen molar-refractivity contribution in [3.05, 3.63) is 36.1 Å². The molecule has 3 nitrogen and oxygen atoms in total. The fourth-order valence-electron chi connectivity index (χ4n) is 0.735. The number of hydrogen-bond donors (Lipinski definition) is 1. The van der Waals surface area contributed by atoms with E-state index in [9.17, 15) is 4.79 Å². The Bertz CT molecular complexity index is 274. The van der Waals surface area contributed by atoms with Crippen LogP contribution in [-0.2, 0) is 9.53 Å². The molecule has 0 aliphatic carbocycles. The third-order valence-corrected chi connectivity index (χ3v) is 1.29. The molecule has 3 heteroatoms. The van der Waals surface area contributed by atoms with Gasteiger partial charge in [-0.25, -0.2) is 0 Å². The highest BCUT2D eigenvalue weighted by Crippen LogP contribution is 2.10. The summed E-state index contributed by atoms with van der Waals surface area (Å²) in [5, 5.41) is 8.92. The van der Waals surface area contributed by atoms with Gasteiger partial charge in [-0.1, -0.05) is 12.1 Å². The molecule has 0 radical (unpaired) electrons. The molecule has 62 valence electrons. The molecule has 0 unspecified atom stereocenters. The molecule has 0 heterocycles. The van der Waals surface area contributed by atoms with E-state index in [1.54, 1.807) is 30.3 Å². The van der Waals surface area contributed by atoms with Crippen LogP contribution in [0.3, 0.4) is 0 Å². The van der Waals surface area contributed by atoms with Gasteiger partial charge in [-0.2, -0.15) is 0 Å². The molecule has 0 spiro atoms. The molecule has 0 saturated heterocycles. The predicted molar refractivity (Wildman–Crippen MR) is 44.3 cm³/mol. The molecule has 0 aromatic heterocycles. The van der Waals surface area contributed by atoms with Crippen molar-refractivity contribution in [1.29, 1.82) is 0 Å². The summed E-state index contributed by atoms with van der Waals surface area (Å²) in [5.41, 5.74) is 0.856. The highest BCUT2D eigenvalue weighted by atomic mass is 16.5. The zero-order valence-corrected chi connectivity index (χ0v) is 6.31. The van der Waals surface area contributed by atoms with Gasteiger partial charge in [0, 0.05) is 0 Å². The number of aromatic hydroxyl groups is 1. The third-order valence-electron chi connectivity index (χ3n) is 1.29. The van der Waals surface area contributed by atoms with Gasteiger partial charge in [0.2, 0.25) is 0 Å². The molecule has 0 fully saturated rings. The Kier molecular flexibility index (Phi) is 2.90. The maximum absolute atomic E-state index is 9.74. The number of carbonyl (C=O) groups excluding carboxylic acids is 1. The van der Waals surface area contributed by atoms with Gasteiger partial charge >= 0.3 is 0 Å². The van der Waals surface area contributed by atoms with E-state index in [0.717, 1.165) is 5.56 Å². The lowest BCUT2D eigenvalue weighted by Gasteiger charge is -1.92. The Hall–Kier alpha value is -1.77. The second-order valence-electron chi connectivity index (χ2n) is 2.13. The zero-order valence-electron chi connectivity index (χ0n) is 6.31. The normalized spacial score (nSPS) is 10.0. The number of hydrogen-bond acceptors (Lipinski definition) is 3. The smallest absolute Gasteiger partial charge is 0.297 e. The lowest BCUT2D eigenvalue weighted by atomic mass is 10.2. The van der Waals surface area contributed by atoms with E-state index in [1.807, 2.05) is 0 Å². The molecule has 1 aromatic rings. The van der Waals surface area contributed by atoms with E-state index in [-0.39, 0.29) is 5.75 Å². The van der Waals surface area contributed by atoms with Crippen molar-refractivity contribution >= 4 is 12.5 Å². The van der Waals surface area contributed by atoms with Crippen LogP contribution in [0.15, 0.2) is 30.5 Å². The number of carbonyl (C=O) groups is 1. The molecule has 0 aliphatic heterocycles. The standard InChI is InChI=1S/C9H8O3/c10-7-12-6-5-8-1-3-9(11)4-2-8/h1-7,11H. The van der Waals surface area contributed by atoms with Crippen molar-refractivity contribution in [2.75, 3.05) is 0 Å². The Morgan fingerprint density at radius 1 is 1.25 bits per heavy atom. The minimum absolute atomic E-state index is 0.212. The molecule has 12 heavy (non-hydrogen) atoms. The van der Waals surface area contributed by atoms with Crippen LogP contribution >= 0.6 is 0 Å². The number of phenols is 1. The lowest BCUT2D eigenvalue weighted by Crippen LogP contribution is -1.74. The van der Waals surface area contributed by atoms with E-state index < -0.39 is 0 Å². The molecule has 1 N–H and O–H groups in total. The first-order chi connectivity index (χ1) is 5.83. The molecule has 0 aliphatic rings. The molecule has 0 atom stereocenters. The van der Waals surface area contributed by atoms with Crippen LogP contribution in [0.4, 0.5) is 0 Å². The Labute approximate surface area is 69.9 Å². The molecule has 0 amide bonds. The highest BCUT2D eigenvalue weighted by molar-refractivity contribution is 5.51. The monoisotopic (exact) mass is 164 g/mol. The van der Waals surface area contributed by atoms with Crippen LogP contribution in [0.1, 0.15) is 5.56 Å². The van der Waals surface area contributed by atoms with E-state index >= 15 is 0 Å². The maximum atomic E-state index is 9.74. The van der Waals surface area contributed by atoms with Crippen LogP contribution in [0.5, 0.6) is 5.75 Å². The summed E-state index contributed by atoms with van der Waals surface area (Å²) < 4.78 is 4.34. The van der Waals surface area contributed by atoms with Crippen LogP contribution in [-0.4, -0.2) is 11.6 Å². The largest absolute Gasteiger partial charge is 0.508 e. The lowest BCUT2D eigenvalue weighted by molar-refractivity contribution is -0.123. The van der Waals surface area contributed by atoms with Gasteiger partial charge in [0.15, 0.2) is 0 Å². The second kappa shape index (κ2) is 4.18. The van der Waals surface area contributed by atoms with Gasteiger partial charge < -0.3 is 9.84 Å². The SMILES string of the molecule is O=COC=Cc1ccc(O)cc1. The molecule has 1 aromatic carbocycles. The van der Waals surface area contributed by atoms with Crippen molar-refractivity contribution < 1.29 is 14.6 Å². The van der Waals surface area contributed by atoms with Crippen molar-refractivity contribution in [2.24, 2.45) is 0 Å². The van der Waals surface area contributed by atoms with Crippen molar-refractivity contribution in [3.63, 3.8) is 0 Å². The molecule has 0 bridgehead atoms. The zero-order chi connectivity index (χ0) is 8.81. The average molecular weight is 164 g/mol. The molecule has 0 saturated carbocycles. The van der Waals surface area contributed by atoms with E-state index in [1.165, 1.54) is 6.26 Å². The fourth-order valence-corrected chi connectivity index (χ4v) is 0.735. The van der Waals surface area contributed by atoms with Crippen molar-refractivity contribution in [2.45, 2.75) is 0 Å².